The summed E-state index contributed by atoms with van der Waals surface area (Å²) in [5, 5.41) is 3.61. The Hall–Kier alpha value is -3.66. The molecule has 1 unspecified atom stereocenters. The smallest absolute Gasteiger partial charge is 0.259 e. The van der Waals surface area contributed by atoms with Gasteiger partial charge in [-0.2, -0.15) is 0 Å². The lowest BCUT2D eigenvalue weighted by atomic mass is 9.95. The second-order valence-corrected chi connectivity index (χ2v) is 11.9. The van der Waals surface area contributed by atoms with Gasteiger partial charge >= 0.3 is 0 Å². The molecule has 0 bridgehead atoms. The first-order valence-corrected chi connectivity index (χ1v) is 15.6. The molecule has 9 nitrogen and oxygen atoms in total. The number of hydrogen-bond donors (Lipinski definition) is 1. The van der Waals surface area contributed by atoms with E-state index in [4.69, 9.17) is 9.98 Å². The average Bonchev–Trinajstić information content (AvgIpc) is 3.36. The van der Waals surface area contributed by atoms with E-state index in [2.05, 4.69) is 22.3 Å². The average molecular weight is 573 g/mol. The van der Waals surface area contributed by atoms with Gasteiger partial charge in [-0.3, -0.25) is 19.4 Å². The standard InChI is InChI=1S/C31H36N6O3S/c38-27(32-22-9-3-1-4-10-22)16-15-26-30(40)37-29(33-26)24-13-7-8-14-25(24)34-31(37)41-21-28(39)36-19-17-35(18-20-36)23-11-5-2-6-12-23/h2,5-8,11-14,22,26H,1,3-4,9-10,15-21H2,(H,32,38). The van der Waals surface area contributed by atoms with E-state index in [1.54, 1.807) is 4.90 Å². The van der Waals surface area contributed by atoms with E-state index in [1.165, 1.54) is 23.9 Å². The minimum absolute atomic E-state index is 0.0172. The predicted molar refractivity (Wildman–Crippen MR) is 163 cm³/mol. The number of amides is 3. The van der Waals surface area contributed by atoms with Crippen LogP contribution in [0.25, 0.3) is 0 Å². The van der Waals surface area contributed by atoms with Gasteiger partial charge in [-0.05, 0) is 43.5 Å². The first-order valence-electron chi connectivity index (χ1n) is 14.7. The number of hydrogen-bond acceptors (Lipinski definition) is 7. The zero-order valence-electron chi connectivity index (χ0n) is 23.2. The fourth-order valence-electron chi connectivity index (χ4n) is 5.97. The zero-order chi connectivity index (χ0) is 28.2. The molecule has 2 aromatic carbocycles. The molecule has 41 heavy (non-hydrogen) atoms. The predicted octanol–water partition coefficient (Wildman–Crippen LogP) is 3.96. The van der Waals surface area contributed by atoms with Crippen molar-refractivity contribution < 1.29 is 14.4 Å². The maximum Gasteiger partial charge on any atom is 0.259 e. The summed E-state index contributed by atoms with van der Waals surface area (Å²) in [5.74, 6) is 0.583. The van der Waals surface area contributed by atoms with Crippen LogP contribution in [0.3, 0.4) is 0 Å². The number of carbonyl (C=O) groups is 3. The Balaban J connectivity index is 1.08. The van der Waals surface area contributed by atoms with Crippen LogP contribution in [-0.4, -0.2) is 82.5 Å². The van der Waals surface area contributed by atoms with Crippen LogP contribution in [0.15, 0.2) is 64.6 Å². The van der Waals surface area contributed by atoms with Gasteiger partial charge in [0.15, 0.2) is 5.17 Å². The van der Waals surface area contributed by atoms with E-state index in [0.717, 1.165) is 50.0 Å². The lowest BCUT2D eigenvalue weighted by Gasteiger charge is -2.36. The topological polar surface area (TPSA) is 97.7 Å². The van der Waals surface area contributed by atoms with Gasteiger partial charge < -0.3 is 15.1 Å². The number of carbonyl (C=O) groups excluding carboxylic acids is 3. The van der Waals surface area contributed by atoms with Gasteiger partial charge in [-0.15, -0.1) is 0 Å². The fraction of sp³-hybridized carbons (Fsp3) is 0.452. The van der Waals surface area contributed by atoms with Crippen molar-refractivity contribution in [1.82, 2.24) is 15.1 Å². The van der Waals surface area contributed by atoms with Gasteiger partial charge in [0.25, 0.3) is 5.91 Å². The van der Waals surface area contributed by atoms with Crippen molar-refractivity contribution in [2.24, 2.45) is 9.98 Å². The number of benzene rings is 2. The van der Waals surface area contributed by atoms with Crippen LogP contribution < -0.4 is 10.2 Å². The number of aliphatic imine (C=N–C) groups is 2. The Morgan fingerprint density at radius 1 is 0.927 bits per heavy atom. The van der Waals surface area contributed by atoms with Gasteiger partial charge in [0.2, 0.25) is 11.8 Å². The minimum Gasteiger partial charge on any atom is -0.368 e. The Labute approximate surface area is 245 Å². The van der Waals surface area contributed by atoms with E-state index >= 15 is 0 Å². The first kappa shape index (κ1) is 27.5. The molecule has 2 fully saturated rings. The molecule has 0 radical (unpaired) electrons. The molecule has 214 valence electrons. The van der Waals surface area contributed by atoms with Gasteiger partial charge in [0, 0.05) is 49.9 Å². The second-order valence-electron chi connectivity index (χ2n) is 11.0. The van der Waals surface area contributed by atoms with Crippen LogP contribution >= 0.6 is 11.8 Å². The van der Waals surface area contributed by atoms with Crippen LogP contribution in [0.2, 0.25) is 0 Å². The summed E-state index contributed by atoms with van der Waals surface area (Å²) in [4.78, 5) is 54.6. The van der Waals surface area contributed by atoms with Gasteiger partial charge in [-0.25, -0.2) is 9.89 Å². The van der Waals surface area contributed by atoms with E-state index in [-0.39, 0.29) is 35.9 Å². The van der Waals surface area contributed by atoms with E-state index < -0.39 is 6.04 Å². The van der Waals surface area contributed by atoms with E-state index in [0.29, 0.717) is 30.5 Å². The number of rotatable bonds is 7. The number of thioether (sulfide) groups is 1. The molecule has 3 aliphatic heterocycles. The summed E-state index contributed by atoms with van der Waals surface area (Å²) in [5.41, 5.74) is 2.70. The summed E-state index contributed by atoms with van der Waals surface area (Å²) >= 11 is 1.28. The molecule has 1 saturated heterocycles. The summed E-state index contributed by atoms with van der Waals surface area (Å²) in [6.45, 7) is 2.88. The van der Waals surface area contributed by atoms with Gasteiger partial charge in [0.05, 0.1) is 11.4 Å². The molecule has 3 amide bonds. The highest BCUT2D eigenvalue weighted by molar-refractivity contribution is 8.14. The molecule has 10 heteroatoms. The lowest BCUT2D eigenvalue weighted by Crippen LogP contribution is -2.49. The lowest BCUT2D eigenvalue weighted by molar-refractivity contribution is -0.129. The van der Waals surface area contributed by atoms with Crippen LogP contribution in [-0.2, 0) is 14.4 Å². The zero-order valence-corrected chi connectivity index (χ0v) is 24.0. The molecule has 1 atom stereocenters. The molecule has 6 rings (SSSR count). The number of anilines is 1. The highest BCUT2D eigenvalue weighted by Gasteiger charge is 2.41. The molecule has 1 aliphatic carbocycles. The molecule has 1 saturated carbocycles. The quantitative estimate of drug-likeness (QED) is 0.542. The Bertz CT molecular complexity index is 1350. The molecular weight excluding hydrogens is 536 g/mol. The molecule has 0 aromatic heterocycles. The highest BCUT2D eigenvalue weighted by Crippen LogP contribution is 2.34. The van der Waals surface area contributed by atoms with E-state index in [9.17, 15) is 14.4 Å². The third kappa shape index (κ3) is 6.17. The molecule has 2 aromatic rings. The third-order valence-corrected chi connectivity index (χ3v) is 9.16. The van der Waals surface area contributed by atoms with Crippen molar-refractivity contribution in [3.63, 3.8) is 0 Å². The number of para-hydroxylation sites is 2. The van der Waals surface area contributed by atoms with Crippen molar-refractivity contribution in [3.05, 3.63) is 60.2 Å². The molecule has 3 heterocycles. The monoisotopic (exact) mass is 572 g/mol. The van der Waals surface area contributed by atoms with Crippen molar-refractivity contribution in [2.75, 3.05) is 36.8 Å². The van der Waals surface area contributed by atoms with Crippen LogP contribution in [0, 0.1) is 0 Å². The number of nitrogens with zero attached hydrogens (tertiary/aromatic N) is 5. The number of piperazine rings is 1. The normalized spacial score (nSPS) is 20.7. The fourth-order valence-corrected chi connectivity index (χ4v) is 6.88. The van der Waals surface area contributed by atoms with Gasteiger partial charge in [-0.1, -0.05) is 61.4 Å². The van der Waals surface area contributed by atoms with Gasteiger partial charge in [0.1, 0.15) is 11.9 Å². The van der Waals surface area contributed by atoms with Crippen molar-refractivity contribution in [3.8, 4) is 0 Å². The Morgan fingerprint density at radius 3 is 2.44 bits per heavy atom. The third-order valence-electron chi connectivity index (χ3n) is 8.24. The second kappa shape index (κ2) is 12.5. The Morgan fingerprint density at radius 2 is 1.66 bits per heavy atom. The Kier molecular flexibility index (Phi) is 8.36. The summed E-state index contributed by atoms with van der Waals surface area (Å²) in [6.07, 6.45) is 6.20. The van der Waals surface area contributed by atoms with Crippen LogP contribution in [0.4, 0.5) is 11.4 Å². The molecule has 4 aliphatic rings. The minimum atomic E-state index is -0.638. The van der Waals surface area contributed by atoms with Crippen molar-refractivity contribution in [2.45, 2.75) is 57.0 Å². The summed E-state index contributed by atoms with van der Waals surface area (Å²) < 4.78 is 0. The highest BCUT2D eigenvalue weighted by atomic mass is 32.2. The number of fused-ring (bicyclic) bond motifs is 3. The van der Waals surface area contributed by atoms with Crippen LogP contribution in [0.5, 0.6) is 0 Å². The van der Waals surface area contributed by atoms with Crippen molar-refractivity contribution >= 4 is 51.9 Å². The molecule has 1 N–H and O–H groups in total. The maximum absolute atomic E-state index is 13.6. The maximum atomic E-state index is 13.6. The summed E-state index contributed by atoms with van der Waals surface area (Å²) in [7, 11) is 0. The largest absolute Gasteiger partial charge is 0.368 e. The summed E-state index contributed by atoms with van der Waals surface area (Å²) in [6, 6.07) is 17.5. The first-order chi connectivity index (χ1) is 20.1. The number of amidine groups is 2. The molecule has 0 spiro atoms. The SMILES string of the molecule is O=C(CCC1N=C2c3ccccc3N=C(SCC(=O)N3CCN(c4ccccc4)CC3)N2C1=O)NC1CCCCC1. The van der Waals surface area contributed by atoms with Crippen LogP contribution in [0.1, 0.15) is 50.5 Å². The van der Waals surface area contributed by atoms with Crippen molar-refractivity contribution in [1.29, 1.82) is 0 Å². The van der Waals surface area contributed by atoms with E-state index in [1.807, 2.05) is 47.4 Å². The number of nitrogens with one attached hydrogen (secondary N) is 1. The molecular formula is C31H36N6O3S.